The summed E-state index contributed by atoms with van der Waals surface area (Å²) in [6.07, 6.45) is 2.12. The molecule has 0 bridgehead atoms. The number of nitrogens with zero attached hydrogens (tertiary/aromatic N) is 3. The highest BCUT2D eigenvalue weighted by molar-refractivity contribution is 7.15. The Morgan fingerprint density at radius 1 is 1.33 bits per heavy atom. The highest BCUT2D eigenvalue weighted by Crippen LogP contribution is 2.27. The Labute approximate surface area is 132 Å². The van der Waals surface area contributed by atoms with Crippen LogP contribution in [0.4, 0.5) is 5.82 Å². The second-order valence-electron chi connectivity index (χ2n) is 7.14. The third kappa shape index (κ3) is 3.58. The van der Waals surface area contributed by atoms with E-state index in [-0.39, 0.29) is 5.54 Å². The Kier molecular flexibility index (Phi) is 4.63. The van der Waals surface area contributed by atoms with Crippen LogP contribution in [0, 0.1) is 5.92 Å². The molecule has 0 saturated carbocycles. The summed E-state index contributed by atoms with van der Waals surface area (Å²) in [5, 5.41) is 5.68. The minimum absolute atomic E-state index is 0.0969. The summed E-state index contributed by atoms with van der Waals surface area (Å²) in [5.74, 6) is 1.69. The van der Waals surface area contributed by atoms with E-state index in [1.807, 2.05) is 0 Å². The molecule has 0 aliphatic carbocycles. The Balaban J connectivity index is 2.36. The molecule has 4 nitrogen and oxygen atoms in total. The third-order valence-corrected chi connectivity index (χ3v) is 4.79. The first-order valence-electron chi connectivity index (χ1n) is 7.63. The van der Waals surface area contributed by atoms with Crippen LogP contribution in [0.15, 0.2) is 11.6 Å². The van der Waals surface area contributed by atoms with Crippen LogP contribution in [0.25, 0.3) is 4.96 Å². The normalized spacial score (nSPS) is 14.1. The van der Waals surface area contributed by atoms with Gasteiger partial charge in [-0.25, -0.2) is 4.98 Å². The molecule has 0 saturated heterocycles. The summed E-state index contributed by atoms with van der Waals surface area (Å²) in [7, 11) is 2.15. The molecule has 2 heterocycles. The van der Waals surface area contributed by atoms with Gasteiger partial charge in [-0.2, -0.15) is 0 Å². The van der Waals surface area contributed by atoms with Gasteiger partial charge in [-0.1, -0.05) is 13.8 Å². The fourth-order valence-corrected chi connectivity index (χ4v) is 2.98. The van der Waals surface area contributed by atoms with Crippen molar-refractivity contribution in [2.75, 3.05) is 11.9 Å². The predicted molar refractivity (Wildman–Crippen MR) is 92.4 cm³/mol. The minimum atomic E-state index is 0.0969. The van der Waals surface area contributed by atoms with E-state index >= 15 is 0 Å². The number of thiazole rings is 1. The van der Waals surface area contributed by atoms with Gasteiger partial charge in [-0.05, 0) is 33.6 Å². The molecule has 1 atom stereocenters. The van der Waals surface area contributed by atoms with Crippen LogP contribution >= 0.6 is 11.3 Å². The molecule has 2 aromatic heterocycles. The van der Waals surface area contributed by atoms with Gasteiger partial charge >= 0.3 is 0 Å². The second-order valence-corrected chi connectivity index (χ2v) is 8.01. The number of hydrogen-bond donors (Lipinski definition) is 1. The molecule has 0 radical (unpaired) electrons. The molecular weight excluding hydrogens is 280 g/mol. The molecule has 21 heavy (non-hydrogen) atoms. The summed E-state index contributed by atoms with van der Waals surface area (Å²) >= 11 is 1.69. The Morgan fingerprint density at radius 2 is 2.00 bits per heavy atom. The summed E-state index contributed by atoms with van der Waals surface area (Å²) in [6.45, 7) is 14.2. The van der Waals surface area contributed by atoms with Gasteiger partial charge < -0.3 is 10.2 Å². The van der Waals surface area contributed by atoms with Crippen molar-refractivity contribution in [1.82, 2.24) is 14.7 Å². The molecule has 0 fully saturated rings. The smallest absolute Gasteiger partial charge is 0.195 e. The molecule has 1 N–H and O–H groups in total. The zero-order valence-corrected chi connectivity index (χ0v) is 15.1. The van der Waals surface area contributed by atoms with Gasteiger partial charge in [0, 0.05) is 36.8 Å². The lowest BCUT2D eigenvalue weighted by atomic mass is 10.1. The monoisotopic (exact) mass is 308 g/mol. The molecule has 118 valence electrons. The molecule has 0 amide bonds. The Morgan fingerprint density at radius 3 is 2.57 bits per heavy atom. The zero-order valence-electron chi connectivity index (χ0n) is 14.3. The van der Waals surface area contributed by atoms with Crippen LogP contribution in [-0.4, -0.2) is 28.0 Å². The average Bonchev–Trinajstić information content (AvgIpc) is 2.93. The van der Waals surface area contributed by atoms with Gasteiger partial charge in [-0.15, -0.1) is 11.3 Å². The van der Waals surface area contributed by atoms with Crippen molar-refractivity contribution in [3.63, 3.8) is 0 Å². The SMILES string of the molecule is CC(C)C(C)N(C)c1nc2sccn2c1CNC(C)(C)C. The van der Waals surface area contributed by atoms with E-state index in [1.54, 1.807) is 11.3 Å². The molecule has 2 rings (SSSR count). The molecule has 0 aliphatic rings. The lowest BCUT2D eigenvalue weighted by Gasteiger charge is -2.29. The molecule has 0 aliphatic heterocycles. The Hall–Kier alpha value is -1.07. The number of hydrogen-bond acceptors (Lipinski definition) is 4. The van der Waals surface area contributed by atoms with Crippen LogP contribution in [0.5, 0.6) is 0 Å². The van der Waals surface area contributed by atoms with Crippen molar-refractivity contribution in [1.29, 1.82) is 0 Å². The van der Waals surface area contributed by atoms with E-state index < -0.39 is 0 Å². The number of aromatic nitrogens is 2. The first kappa shape index (κ1) is 16.3. The van der Waals surface area contributed by atoms with Crippen LogP contribution in [0.2, 0.25) is 0 Å². The summed E-state index contributed by atoms with van der Waals surface area (Å²) < 4.78 is 2.21. The van der Waals surface area contributed by atoms with E-state index in [2.05, 4.69) is 74.8 Å². The van der Waals surface area contributed by atoms with E-state index in [0.717, 1.165) is 17.3 Å². The molecule has 1 unspecified atom stereocenters. The van der Waals surface area contributed by atoms with Crippen molar-refractivity contribution in [3.05, 3.63) is 17.3 Å². The maximum absolute atomic E-state index is 4.84. The minimum Gasteiger partial charge on any atom is -0.355 e. The van der Waals surface area contributed by atoms with Gasteiger partial charge in [0.1, 0.15) is 0 Å². The van der Waals surface area contributed by atoms with Gasteiger partial charge in [0.15, 0.2) is 10.8 Å². The predicted octanol–water partition coefficient (Wildman–Crippen LogP) is 3.76. The average molecular weight is 308 g/mol. The van der Waals surface area contributed by atoms with Crippen molar-refractivity contribution in [2.45, 2.75) is 59.7 Å². The van der Waals surface area contributed by atoms with Gasteiger partial charge in [-0.3, -0.25) is 4.40 Å². The van der Waals surface area contributed by atoms with E-state index in [1.165, 1.54) is 5.69 Å². The highest BCUT2D eigenvalue weighted by atomic mass is 32.1. The second kappa shape index (κ2) is 5.97. The van der Waals surface area contributed by atoms with E-state index in [9.17, 15) is 0 Å². The van der Waals surface area contributed by atoms with Crippen molar-refractivity contribution < 1.29 is 0 Å². The molecule has 0 spiro atoms. The van der Waals surface area contributed by atoms with Gasteiger partial charge in [0.05, 0.1) is 5.69 Å². The number of imidazole rings is 1. The Bertz CT molecular complexity index is 591. The van der Waals surface area contributed by atoms with Crippen LogP contribution in [-0.2, 0) is 6.54 Å². The summed E-state index contributed by atoms with van der Waals surface area (Å²) in [6, 6.07) is 0.461. The van der Waals surface area contributed by atoms with Crippen LogP contribution in [0.1, 0.15) is 47.2 Å². The number of rotatable bonds is 5. The van der Waals surface area contributed by atoms with Crippen LogP contribution < -0.4 is 10.2 Å². The summed E-state index contributed by atoms with van der Waals surface area (Å²) in [4.78, 5) is 8.22. The lowest BCUT2D eigenvalue weighted by Crippen LogP contribution is -2.37. The largest absolute Gasteiger partial charge is 0.355 e. The number of nitrogens with one attached hydrogen (secondary N) is 1. The van der Waals surface area contributed by atoms with Crippen LogP contribution in [0.3, 0.4) is 0 Å². The molecule has 2 aromatic rings. The molecular formula is C16H28N4S. The fraction of sp³-hybridized carbons (Fsp3) is 0.688. The lowest BCUT2D eigenvalue weighted by molar-refractivity contribution is 0.419. The topological polar surface area (TPSA) is 32.6 Å². The molecule has 0 aromatic carbocycles. The first-order valence-corrected chi connectivity index (χ1v) is 8.51. The maximum atomic E-state index is 4.84. The van der Waals surface area contributed by atoms with Crippen molar-refractivity contribution in [3.8, 4) is 0 Å². The van der Waals surface area contributed by atoms with Crippen molar-refractivity contribution in [2.24, 2.45) is 5.92 Å². The standard InChI is InChI=1S/C16H28N4S/c1-11(2)12(3)19(7)14-13(10-17-16(4,5)6)20-8-9-21-15(20)18-14/h8-9,11-12,17H,10H2,1-7H3. The van der Waals surface area contributed by atoms with Gasteiger partial charge in [0.2, 0.25) is 0 Å². The van der Waals surface area contributed by atoms with E-state index in [4.69, 9.17) is 4.98 Å². The highest BCUT2D eigenvalue weighted by Gasteiger charge is 2.22. The maximum Gasteiger partial charge on any atom is 0.195 e. The molecule has 5 heteroatoms. The first-order chi connectivity index (χ1) is 9.70. The third-order valence-electron chi connectivity index (χ3n) is 4.04. The fourth-order valence-electron chi connectivity index (χ4n) is 2.26. The quantitative estimate of drug-likeness (QED) is 0.913. The number of fused-ring (bicyclic) bond motifs is 1. The zero-order chi connectivity index (χ0) is 15.8. The van der Waals surface area contributed by atoms with Crippen molar-refractivity contribution >= 4 is 22.1 Å². The van der Waals surface area contributed by atoms with Gasteiger partial charge in [0.25, 0.3) is 0 Å². The van der Waals surface area contributed by atoms with E-state index in [0.29, 0.717) is 12.0 Å². The number of anilines is 1. The summed E-state index contributed by atoms with van der Waals surface area (Å²) in [5.41, 5.74) is 1.34.